The molecule has 7 nitrogen and oxygen atoms in total. The molecule has 0 radical (unpaired) electrons. The molecular weight excluding hydrogens is 415 g/mol. The van der Waals surface area contributed by atoms with Gasteiger partial charge >= 0.3 is 24.8 Å². The minimum Gasteiger partial charge on any atom is -1.00 e. The first-order valence-electron chi connectivity index (χ1n) is 10.7. The van der Waals surface area contributed by atoms with Crippen LogP contribution in [-0.4, -0.2) is 33.8 Å². The SMILES string of the molecule is CCOC(CC(=O)O)c1ccc(OCCn2c(CC)nc(-c3ccccc3)cc2=O)cc1.[H-].[Li+]. The van der Waals surface area contributed by atoms with E-state index in [2.05, 4.69) is 4.98 Å². The number of rotatable bonds is 11. The largest absolute Gasteiger partial charge is 1.00 e. The predicted octanol–water partition coefficient (Wildman–Crippen LogP) is 1.22. The first kappa shape index (κ1) is 26.4. The van der Waals surface area contributed by atoms with Crippen molar-refractivity contribution < 1.29 is 39.7 Å². The van der Waals surface area contributed by atoms with E-state index in [0.717, 1.165) is 11.1 Å². The van der Waals surface area contributed by atoms with Crippen LogP contribution in [0, 0.1) is 0 Å². The van der Waals surface area contributed by atoms with Crippen LogP contribution >= 0.6 is 0 Å². The van der Waals surface area contributed by atoms with E-state index in [1.807, 2.05) is 44.2 Å². The van der Waals surface area contributed by atoms with Gasteiger partial charge in [0.05, 0.1) is 24.8 Å². The topological polar surface area (TPSA) is 90.7 Å². The van der Waals surface area contributed by atoms with Crippen LogP contribution in [0.2, 0.25) is 0 Å². The summed E-state index contributed by atoms with van der Waals surface area (Å²) in [6.07, 6.45) is 0.0434. The summed E-state index contributed by atoms with van der Waals surface area (Å²) in [5.74, 6) is 0.440. The molecule has 0 aliphatic rings. The van der Waals surface area contributed by atoms with Gasteiger partial charge in [0.2, 0.25) is 0 Å². The maximum atomic E-state index is 12.7. The van der Waals surface area contributed by atoms with Crippen LogP contribution in [0.1, 0.15) is 39.2 Å². The van der Waals surface area contributed by atoms with Crippen LogP contribution in [-0.2, 0) is 22.5 Å². The van der Waals surface area contributed by atoms with Gasteiger partial charge in [0.25, 0.3) is 5.56 Å². The van der Waals surface area contributed by atoms with Gasteiger partial charge in [0.15, 0.2) is 0 Å². The van der Waals surface area contributed by atoms with E-state index in [0.29, 0.717) is 43.4 Å². The Morgan fingerprint density at radius 1 is 1.12 bits per heavy atom. The van der Waals surface area contributed by atoms with E-state index in [1.54, 1.807) is 34.9 Å². The third-order valence-corrected chi connectivity index (χ3v) is 5.04. The number of carboxylic acids is 1. The Balaban J connectivity index is 0.00000289. The third-order valence-electron chi connectivity index (χ3n) is 5.04. The molecular formula is C25H29LiN2O5. The fourth-order valence-electron chi connectivity index (χ4n) is 3.49. The van der Waals surface area contributed by atoms with Crippen LogP contribution in [0.5, 0.6) is 5.75 Å². The molecule has 1 heterocycles. The molecule has 8 heteroatoms. The van der Waals surface area contributed by atoms with Gasteiger partial charge in [-0.15, -0.1) is 0 Å². The molecule has 3 aromatic rings. The van der Waals surface area contributed by atoms with Crippen LogP contribution in [0.4, 0.5) is 0 Å². The van der Waals surface area contributed by atoms with Gasteiger partial charge in [-0.3, -0.25) is 14.2 Å². The second-order valence-electron chi connectivity index (χ2n) is 7.23. The molecule has 0 fully saturated rings. The Hall–Kier alpha value is -2.85. The van der Waals surface area contributed by atoms with E-state index < -0.39 is 12.1 Å². The molecule has 0 bridgehead atoms. The quantitative estimate of drug-likeness (QED) is 0.448. The molecule has 0 amide bonds. The van der Waals surface area contributed by atoms with Crippen LogP contribution in [0.25, 0.3) is 11.3 Å². The summed E-state index contributed by atoms with van der Waals surface area (Å²) in [4.78, 5) is 28.4. The summed E-state index contributed by atoms with van der Waals surface area (Å²) in [5.41, 5.74) is 2.26. The Labute approximate surface area is 207 Å². The Morgan fingerprint density at radius 2 is 1.82 bits per heavy atom. The van der Waals surface area contributed by atoms with Crippen molar-refractivity contribution in [3.8, 4) is 17.0 Å². The summed E-state index contributed by atoms with van der Waals surface area (Å²) in [7, 11) is 0. The second-order valence-corrected chi connectivity index (χ2v) is 7.23. The second kappa shape index (κ2) is 13.0. The minimum absolute atomic E-state index is 0. The van der Waals surface area contributed by atoms with Crippen molar-refractivity contribution in [1.29, 1.82) is 0 Å². The standard InChI is InChI=1S/C25H28N2O5.Li.H/c1-3-23-26-21(18-8-6-5-7-9-18)16-24(28)27(23)14-15-32-20-12-10-19(11-13-20)22(31-4-2)17-25(29)30;;/h5-13,16,22H,3-4,14-15,17H2,1-2H3,(H,29,30);;/q;+1;-1. The number of carboxylic acid groups (broad SMARTS) is 1. The Morgan fingerprint density at radius 3 is 2.42 bits per heavy atom. The fraction of sp³-hybridized carbons (Fsp3) is 0.320. The molecule has 0 saturated carbocycles. The first-order chi connectivity index (χ1) is 15.5. The maximum absolute atomic E-state index is 12.7. The molecule has 0 saturated heterocycles. The summed E-state index contributed by atoms with van der Waals surface area (Å²) in [5, 5.41) is 9.06. The van der Waals surface area contributed by atoms with Crippen LogP contribution in [0.3, 0.4) is 0 Å². The molecule has 1 aromatic heterocycles. The third kappa shape index (κ3) is 7.33. The number of benzene rings is 2. The van der Waals surface area contributed by atoms with Crippen molar-refractivity contribution in [2.24, 2.45) is 0 Å². The van der Waals surface area contributed by atoms with Crippen molar-refractivity contribution in [3.05, 3.63) is 82.4 Å². The van der Waals surface area contributed by atoms with Gasteiger partial charge in [-0.25, -0.2) is 4.98 Å². The summed E-state index contributed by atoms with van der Waals surface area (Å²) >= 11 is 0. The zero-order valence-corrected chi connectivity index (χ0v) is 19.4. The van der Waals surface area contributed by atoms with Crippen molar-refractivity contribution >= 4 is 5.97 Å². The van der Waals surface area contributed by atoms with Crippen LogP contribution in [0.15, 0.2) is 65.5 Å². The molecule has 0 aliphatic heterocycles. The molecule has 2 aromatic carbocycles. The normalized spacial score (nSPS) is 11.5. The van der Waals surface area contributed by atoms with Gasteiger partial charge in [-0.1, -0.05) is 49.4 Å². The van der Waals surface area contributed by atoms with Gasteiger partial charge in [0.1, 0.15) is 18.2 Å². The molecule has 0 spiro atoms. The number of carbonyl (C=O) groups is 1. The number of hydrogen-bond acceptors (Lipinski definition) is 5. The average Bonchev–Trinajstić information content (AvgIpc) is 2.80. The Kier molecular flexibility index (Phi) is 10.4. The summed E-state index contributed by atoms with van der Waals surface area (Å²) in [6, 6.07) is 18.4. The number of aryl methyl sites for hydroxylation is 1. The maximum Gasteiger partial charge on any atom is 1.00 e. The first-order valence-corrected chi connectivity index (χ1v) is 10.7. The van der Waals surface area contributed by atoms with E-state index in [-0.39, 0.29) is 32.3 Å². The smallest absolute Gasteiger partial charge is 1.00 e. The molecule has 1 N–H and O–H groups in total. The van der Waals surface area contributed by atoms with E-state index in [1.165, 1.54) is 0 Å². The van der Waals surface area contributed by atoms with Gasteiger partial charge in [-0.05, 0) is 24.6 Å². The molecule has 170 valence electrons. The van der Waals surface area contributed by atoms with Gasteiger partial charge < -0.3 is 16.0 Å². The molecule has 1 unspecified atom stereocenters. The monoisotopic (exact) mass is 444 g/mol. The van der Waals surface area contributed by atoms with Crippen molar-refractivity contribution in [2.45, 2.75) is 39.3 Å². The minimum atomic E-state index is -0.909. The summed E-state index contributed by atoms with van der Waals surface area (Å²) in [6.45, 7) is 4.93. The predicted molar refractivity (Wildman–Crippen MR) is 123 cm³/mol. The Bertz CT molecular complexity index is 1090. The van der Waals surface area contributed by atoms with Crippen molar-refractivity contribution in [2.75, 3.05) is 13.2 Å². The van der Waals surface area contributed by atoms with E-state index in [9.17, 15) is 9.59 Å². The molecule has 1 atom stereocenters. The number of aliphatic carboxylic acids is 1. The van der Waals surface area contributed by atoms with Gasteiger partial charge in [0, 0.05) is 24.7 Å². The van der Waals surface area contributed by atoms with Crippen molar-refractivity contribution in [3.63, 3.8) is 0 Å². The zero-order valence-electron chi connectivity index (χ0n) is 20.4. The van der Waals surface area contributed by atoms with E-state index >= 15 is 0 Å². The van der Waals surface area contributed by atoms with E-state index in [4.69, 9.17) is 14.6 Å². The fourth-order valence-corrected chi connectivity index (χ4v) is 3.49. The van der Waals surface area contributed by atoms with Crippen LogP contribution < -0.4 is 29.2 Å². The molecule has 33 heavy (non-hydrogen) atoms. The molecule has 0 aliphatic carbocycles. The zero-order chi connectivity index (χ0) is 22.9. The van der Waals surface area contributed by atoms with Gasteiger partial charge in [-0.2, -0.15) is 0 Å². The number of aromatic nitrogens is 2. The average molecular weight is 444 g/mol. The number of ether oxygens (including phenoxy) is 2. The summed E-state index contributed by atoms with van der Waals surface area (Å²) < 4.78 is 13.0. The molecule has 3 rings (SSSR count). The number of nitrogens with zero attached hydrogens (tertiary/aromatic N) is 2. The number of hydrogen-bond donors (Lipinski definition) is 1. The van der Waals surface area contributed by atoms with Crippen molar-refractivity contribution in [1.82, 2.24) is 9.55 Å².